The van der Waals surface area contributed by atoms with E-state index in [-0.39, 0.29) is 5.69 Å². The molecule has 0 unspecified atom stereocenters. The molecule has 0 amide bonds. The molecule has 5 nitrogen and oxygen atoms in total. The van der Waals surface area contributed by atoms with Crippen LogP contribution < -0.4 is 15.8 Å². The van der Waals surface area contributed by atoms with Crippen molar-refractivity contribution in [3.05, 3.63) is 36.7 Å². The van der Waals surface area contributed by atoms with Gasteiger partial charge in [-0.05, 0) is 6.07 Å². The molecule has 2 aromatic rings. The fraction of sp³-hybridized carbons (Fsp3) is 0.308. The number of pyridine rings is 1. The van der Waals surface area contributed by atoms with Gasteiger partial charge in [0.05, 0.1) is 18.5 Å². The fourth-order valence-corrected chi connectivity index (χ4v) is 1.96. The van der Waals surface area contributed by atoms with E-state index in [2.05, 4.69) is 10.3 Å². The predicted molar refractivity (Wildman–Crippen MR) is 69.8 cm³/mol. The standard InChI is InChI=1S/C13H15FN4O/c14-13-10(15)2-4-18(13)11-7-16-3-1-12(11)19-8-9-5-17-6-9/h1-4,7,9,17H,5-6,8,15H2. The molecular weight excluding hydrogens is 247 g/mol. The van der Waals surface area contributed by atoms with E-state index in [4.69, 9.17) is 10.5 Å². The summed E-state index contributed by atoms with van der Waals surface area (Å²) in [7, 11) is 0. The van der Waals surface area contributed by atoms with E-state index in [0.29, 0.717) is 24.0 Å². The molecule has 19 heavy (non-hydrogen) atoms. The molecule has 100 valence electrons. The molecule has 0 atom stereocenters. The van der Waals surface area contributed by atoms with Crippen molar-refractivity contribution in [3.63, 3.8) is 0 Å². The molecule has 0 bridgehead atoms. The normalized spacial score (nSPS) is 15.2. The van der Waals surface area contributed by atoms with E-state index >= 15 is 0 Å². The summed E-state index contributed by atoms with van der Waals surface area (Å²) in [5.74, 6) is 0.625. The summed E-state index contributed by atoms with van der Waals surface area (Å²) < 4.78 is 20.9. The summed E-state index contributed by atoms with van der Waals surface area (Å²) in [5, 5.41) is 3.18. The van der Waals surface area contributed by atoms with E-state index in [0.717, 1.165) is 13.1 Å². The lowest BCUT2D eigenvalue weighted by Gasteiger charge is -2.27. The van der Waals surface area contributed by atoms with Gasteiger partial charge < -0.3 is 15.8 Å². The first-order valence-electron chi connectivity index (χ1n) is 6.16. The third kappa shape index (κ3) is 2.26. The van der Waals surface area contributed by atoms with Gasteiger partial charge in [0.25, 0.3) is 0 Å². The number of nitrogens with one attached hydrogen (secondary N) is 1. The zero-order chi connectivity index (χ0) is 13.2. The van der Waals surface area contributed by atoms with Gasteiger partial charge in [-0.3, -0.25) is 9.55 Å². The maximum absolute atomic E-state index is 13.8. The van der Waals surface area contributed by atoms with Gasteiger partial charge in [-0.1, -0.05) is 0 Å². The molecule has 0 aromatic carbocycles. The Bertz CT molecular complexity index is 580. The lowest BCUT2D eigenvalue weighted by molar-refractivity contribution is 0.198. The smallest absolute Gasteiger partial charge is 0.221 e. The number of ether oxygens (including phenoxy) is 1. The second-order valence-corrected chi connectivity index (χ2v) is 4.61. The molecule has 3 rings (SSSR count). The minimum atomic E-state index is -0.497. The third-order valence-electron chi connectivity index (χ3n) is 3.21. The molecule has 6 heteroatoms. The van der Waals surface area contributed by atoms with Crippen LogP contribution in [0.2, 0.25) is 0 Å². The molecular formula is C13H15FN4O. The monoisotopic (exact) mass is 262 g/mol. The van der Waals surface area contributed by atoms with E-state index in [1.807, 2.05) is 0 Å². The minimum absolute atomic E-state index is 0.109. The highest BCUT2D eigenvalue weighted by atomic mass is 19.1. The number of nitrogens with two attached hydrogens (primary N) is 1. The number of hydrogen-bond donors (Lipinski definition) is 2. The van der Waals surface area contributed by atoms with Gasteiger partial charge in [-0.2, -0.15) is 4.39 Å². The quantitative estimate of drug-likeness (QED) is 0.868. The van der Waals surface area contributed by atoms with Crippen LogP contribution in [0.5, 0.6) is 5.75 Å². The highest BCUT2D eigenvalue weighted by molar-refractivity contribution is 5.49. The molecule has 3 heterocycles. The van der Waals surface area contributed by atoms with Crippen molar-refractivity contribution in [3.8, 4) is 11.4 Å². The average molecular weight is 262 g/mol. The Morgan fingerprint density at radius 1 is 1.47 bits per heavy atom. The summed E-state index contributed by atoms with van der Waals surface area (Å²) >= 11 is 0. The predicted octanol–water partition coefficient (Wildman–Crippen LogP) is 1.19. The van der Waals surface area contributed by atoms with Crippen molar-refractivity contribution >= 4 is 5.69 Å². The highest BCUT2D eigenvalue weighted by Crippen LogP contribution is 2.25. The van der Waals surface area contributed by atoms with Crippen molar-refractivity contribution in [2.75, 3.05) is 25.4 Å². The van der Waals surface area contributed by atoms with Crippen LogP contribution in [0.4, 0.5) is 10.1 Å². The maximum atomic E-state index is 13.8. The Hall–Kier alpha value is -2.08. The van der Waals surface area contributed by atoms with Crippen molar-refractivity contribution in [1.29, 1.82) is 0 Å². The topological polar surface area (TPSA) is 65.1 Å². The van der Waals surface area contributed by atoms with Gasteiger partial charge in [0, 0.05) is 37.5 Å². The fourth-order valence-electron chi connectivity index (χ4n) is 1.96. The van der Waals surface area contributed by atoms with E-state index < -0.39 is 5.95 Å². The van der Waals surface area contributed by atoms with Crippen LogP contribution in [-0.2, 0) is 0 Å². The van der Waals surface area contributed by atoms with Crippen molar-refractivity contribution in [2.45, 2.75) is 0 Å². The number of aromatic nitrogens is 2. The Morgan fingerprint density at radius 2 is 2.32 bits per heavy atom. The lowest BCUT2D eigenvalue weighted by Crippen LogP contribution is -2.45. The average Bonchev–Trinajstić information content (AvgIpc) is 2.69. The second-order valence-electron chi connectivity index (χ2n) is 4.61. The zero-order valence-corrected chi connectivity index (χ0v) is 10.3. The maximum Gasteiger partial charge on any atom is 0.221 e. The summed E-state index contributed by atoms with van der Waals surface area (Å²) in [6.45, 7) is 2.54. The summed E-state index contributed by atoms with van der Waals surface area (Å²) in [6.07, 6.45) is 4.76. The zero-order valence-electron chi connectivity index (χ0n) is 10.3. The Balaban J connectivity index is 1.86. The van der Waals surface area contributed by atoms with Gasteiger partial charge in [0.2, 0.25) is 5.95 Å². The number of nitrogen functional groups attached to an aromatic ring is 1. The molecule has 3 N–H and O–H groups in total. The Kier molecular flexibility index (Phi) is 3.08. The molecule has 1 saturated heterocycles. The molecule has 1 aliphatic rings. The van der Waals surface area contributed by atoms with Crippen LogP contribution in [-0.4, -0.2) is 29.2 Å². The highest BCUT2D eigenvalue weighted by Gasteiger charge is 2.18. The van der Waals surface area contributed by atoms with Gasteiger partial charge >= 0.3 is 0 Å². The second kappa shape index (κ2) is 4.89. The van der Waals surface area contributed by atoms with E-state index in [1.54, 1.807) is 24.7 Å². The number of halogens is 1. The molecule has 1 fully saturated rings. The molecule has 0 saturated carbocycles. The lowest BCUT2D eigenvalue weighted by atomic mass is 10.1. The number of anilines is 1. The number of rotatable bonds is 4. The Morgan fingerprint density at radius 3 is 2.95 bits per heavy atom. The van der Waals surface area contributed by atoms with Crippen LogP contribution in [0.3, 0.4) is 0 Å². The van der Waals surface area contributed by atoms with Gasteiger partial charge in [-0.15, -0.1) is 0 Å². The van der Waals surface area contributed by atoms with E-state index in [9.17, 15) is 4.39 Å². The number of hydrogen-bond acceptors (Lipinski definition) is 4. The van der Waals surface area contributed by atoms with E-state index in [1.165, 1.54) is 10.6 Å². The van der Waals surface area contributed by atoms with Crippen molar-refractivity contribution < 1.29 is 9.13 Å². The molecule has 0 aliphatic carbocycles. The Labute approximate surface area is 110 Å². The first kappa shape index (κ1) is 12.0. The largest absolute Gasteiger partial charge is 0.491 e. The molecule has 0 spiro atoms. The third-order valence-corrected chi connectivity index (χ3v) is 3.21. The van der Waals surface area contributed by atoms with Gasteiger partial charge in [0.1, 0.15) is 11.4 Å². The first-order chi connectivity index (χ1) is 9.25. The molecule has 1 aliphatic heterocycles. The van der Waals surface area contributed by atoms with Crippen LogP contribution in [0.25, 0.3) is 5.69 Å². The van der Waals surface area contributed by atoms with Crippen LogP contribution in [0.15, 0.2) is 30.7 Å². The summed E-state index contributed by atoms with van der Waals surface area (Å²) in [6, 6.07) is 3.25. The van der Waals surface area contributed by atoms with Crippen molar-refractivity contribution in [2.24, 2.45) is 5.92 Å². The summed E-state index contributed by atoms with van der Waals surface area (Å²) in [5.41, 5.74) is 6.18. The van der Waals surface area contributed by atoms with Crippen LogP contribution in [0, 0.1) is 11.9 Å². The number of nitrogens with zero attached hydrogens (tertiary/aromatic N) is 2. The molecule has 2 aromatic heterocycles. The van der Waals surface area contributed by atoms with Crippen LogP contribution in [0.1, 0.15) is 0 Å². The van der Waals surface area contributed by atoms with Gasteiger partial charge in [0.15, 0.2) is 0 Å². The molecule has 0 radical (unpaired) electrons. The first-order valence-corrected chi connectivity index (χ1v) is 6.16. The SMILES string of the molecule is Nc1ccn(-c2cnccc2OCC2CNC2)c1F. The minimum Gasteiger partial charge on any atom is -0.491 e. The van der Waals surface area contributed by atoms with Crippen LogP contribution >= 0.6 is 0 Å². The van der Waals surface area contributed by atoms with Gasteiger partial charge in [-0.25, -0.2) is 0 Å². The summed E-state index contributed by atoms with van der Waals surface area (Å²) in [4.78, 5) is 4.01. The van der Waals surface area contributed by atoms with Crippen molar-refractivity contribution in [1.82, 2.24) is 14.9 Å².